The Morgan fingerprint density at radius 1 is 1.33 bits per heavy atom. The average molecular weight is 262 g/mol. The lowest BCUT2D eigenvalue weighted by Crippen LogP contribution is -2.42. The average Bonchev–Trinajstić information content (AvgIpc) is 2.27. The van der Waals surface area contributed by atoms with Gasteiger partial charge in [0, 0.05) is 5.69 Å². The van der Waals surface area contributed by atoms with Gasteiger partial charge in [0.15, 0.2) is 6.04 Å². The first-order valence-corrected chi connectivity index (χ1v) is 4.68. The fraction of sp³-hybridized carbons (Fsp3) is 0.200. The number of amides is 1. The van der Waals surface area contributed by atoms with Crippen LogP contribution in [0.3, 0.4) is 0 Å². The highest BCUT2D eigenvalue weighted by Crippen LogP contribution is 2.30. The highest BCUT2D eigenvalue weighted by atomic mass is 19.4. The van der Waals surface area contributed by atoms with E-state index in [1.165, 1.54) is 6.07 Å². The number of carboxylic acid groups (broad SMARTS) is 1. The van der Waals surface area contributed by atoms with Crippen LogP contribution in [-0.2, 0) is 15.8 Å². The number of aliphatic carboxylic acids is 1. The fourth-order valence-corrected chi connectivity index (χ4v) is 1.11. The molecule has 0 aliphatic carbocycles. The largest absolute Gasteiger partial charge is 0.480 e. The summed E-state index contributed by atoms with van der Waals surface area (Å²) in [5.74, 6) is -2.67. The molecule has 0 bridgehead atoms. The molecule has 5 nitrogen and oxygen atoms in total. The second-order valence-electron chi connectivity index (χ2n) is 3.38. The first kappa shape index (κ1) is 14.0. The summed E-state index contributed by atoms with van der Waals surface area (Å²) in [6.07, 6.45) is -4.55. The number of anilines is 1. The first-order valence-electron chi connectivity index (χ1n) is 4.68. The SMILES string of the molecule is NC(C(=O)O)C(=O)Nc1cccc(C(F)(F)F)c1. The lowest BCUT2D eigenvalue weighted by molar-refractivity contribution is -0.141. The molecule has 0 saturated heterocycles. The third kappa shape index (κ3) is 3.45. The molecule has 0 spiro atoms. The molecule has 1 aromatic carbocycles. The van der Waals surface area contributed by atoms with Crippen molar-refractivity contribution in [3.05, 3.63) is 29.8 Å². The van der Waals surface area contributed by atoms with E-state index in [2.05, 4.69) is 0 Å². The van der Waals surface area contributed by atoms with Crippen LogP contribution in [0.25, 0.3) is 0 Å². The standard InChI is InChI=1S/C10H9F3N2O3/c11-10(12,13)5-2-1-3-6(4-5)15-8(16)7(14)9(17)18/h1-4,7H,14H2,(H,15,16)(H,17,18). The van der Waals surface area contributed by atoms with Crippen LogP contribution in [0.2, 0.25) is 0 Å². The van der Waals surface area contributed by atoms with Crippen LogP contribution in [0.15, 0.2) is 24.3 Å². The zero-order valence-electron chi connectivity index (χ0n) is 8.86. The second-order valence-corrected chi connectivity index (χ2v) is 3.38. The van der Waals surface area contributed by atoms with Gasteiger partial charge in [0.25, 0.3) is 5.91 Å². The molecule has 0 aliphatic rings. The van der Waals surface area contributed by atoms with Gasteiger partial charge in [-0.2, -0.15) is 13.2 Å². The molecule has 1 amide bonds. The Kier molecular flexibility index (Phi) is 3.92. The van der Waals surface area contributed by atoms with E-state index in [1.807, 2.05) is 5.32 Å². The van der Waals surface area contributed by atoms with Crippen molar-refractivity contribution in [1.29, 1.82) is 0 Å². The van der Waals surface area contributed by atoms with E-state index >= 15 is 0 Å². The smallest absolute Gasteiger partial charge is 0.416 e. The number of hydrogen-bond donors (Lipinski definition) is 3. The normalized spacial score (nSPS) is 12.9. The third-order valence-corrected chi connectivity index (χ3v) is 2.01. The molecule has 0 fully saturated rings. The first-order chi connectivity index (χ1) is 8.21. The van der Waals surface area contributed by atoms with Crippen molar-refractivity contribution < 1.29 is 27.9 Å². The lowest BCUT2D eigenvalue weighted by atomic mass is 10.2. The van der Waals surface area contributed by atoms with Crippen LogP contribution >= 0.6 is 0 Å². The molecule has 0 heterocycles. The summed E-state index contributed by atoms with van der Waals surface area (Å²) in [5.41, 5.74) is 3.87. The number of nitrogens with two attached hydrogens (primary N) is 1. The molecule has 1 unspecified atom stereocenters. The number of benzene rings is 1. The van der Waals surface area contributed by atoms with Crippen molar-refractivity contribution in [2.24, 2.45) is 5.73 Å². The van der Waals surface area contributed by atoms with Gasteiger partial charge in [0.05, 0.1) is 5.56 Å². The van der Waals surface area contributed by atoms with Gasteiger partial charge in [0.1, 0.15) is 0 Å². The molecular formula is C10H9F3N2O3. The Balaban J connectivity index is 2.86. The Bertz CT molecular complexity index is 474. The Morgan fingerprint density at radius 3 is 2.44 bits per heavy atom. The minimum Gasteiger partial charge on any atom is -0.480 e. The molecule has 1 rings (SSSR count). The number of carbonyl (C=O) groups is 2. The molecule has 8 heteroatoms. The molecule has 0 aromatic heterocycles. The summed E-state index contributed by atoms with van der Waals surface area (Å²) < 4.78 is 37.1. The maximum Gasteiger partial charge on any atom is 0.416 e. The second kappa shape index (κ2) is 5.05. The number of hydrogen-bond acceptors (Lipinski definition) is 3. The van der Waals surface area contributed by atoms with Gasteiger partial charge < -0.3 is 16.2 Å². The van der Waals surface area contributed by atoms with Gasteiger partial charge >= 0.3 is 12.1 Å². The van der Waals surface area contributed by atoms with E-state index in [9.17, 15) is 22.8 Å². The van der Waals surface area contributed by atoms with Crippen LogP contribution in [0.4, 0.5) is 18.9 Å². The van der Waals surface area contributed by atoms with Crippen LogP contribution in [-0.4, -0.2) is 23.0 Å². The molecule has 4 N–H and O–H groups in total. The summed E-state index contributed by atoms with van der Waals surface area (Å²) in [6, 6.07) is 1.96. The van der Waals surface area contributed by atoms with E-state index in [1.54, 1.807) is 0 Å². The molecule has 0 aliphatic heterocycles. The summed E-state index contributed by atoms with van der Waals surface area (Å²) in [6.45, 7) is 0. The van der Waals surface area contributed by atoms with Crippen LogP contribution in [0.5, 0.6) is 0 Å². The number of rotatable bonds is 3. The molecule has 1 atom stereocenters. The predicted molar refractivity (Wildman–Crippen MR) is 55.7 cm³/mol. The molecule has 0 saturated carbocycles. The maximum atomic E-state index is 12.4. The van der Waals surface area contributed by atoms with Crippen molar-refractivity contribution in [2.75, 3.05) is 5.32 Å². The monoisotopic (exact) mass is 262 g/mol. The molecule has 1 aromatic rings. The van der Waals surface area contributed by atoms with Crippen molar-refractivity contribution in [1.82, 2.24) is 0 Å². The van der Waals surface area contributed by atoms with Gasteiger partial charge in [-0.3, -0.25) is 4.79 Å². The van der Waals surface area contributed by atoms with Crippen molar-refractivity contribution >= 4 is 17.6 Å². The fourth-order valence-electron chi connectivity index (χ4n) is 1.11. The Hall–Kier alpha value is -2.09. The van der Waals surface area contributed by atoms with Gasteiger partial charge in [0.2, 0.25) is 0 Å². The van der Waals surface area contributed by atoms with Gasteiger partial charge in [-0.25, -0.2) is 4.79 Å². The minimum atomic E-state index is -4.55. The topological polar surface area (TPSA) is 92.4 Å². The minimum absolute atomic E-state index is 0.175. The van der Waals surface area contributed by atoms with Crippen LogP contribution < -0.4 is 11.1 Å². The Labute approximate surface area is 99.4 Å². The zero-order chi connectivity index (χ0) is 13.9. The molecule has 18 heavy (non-hydrogen) atoms. The van der Waals surface area contributed by atoms with E-state index in [0.717, 1.165) is 12.1 Å². The number of alkyl halides is 3. The third-order valence-electron chi connectivity index (χ3n) is 2.01. The van der Waals surface area contributed by atoms with Gasteiger partial charge in [-0.05, 0) is 18.2 Å². The highest BCUT2D eigenvalue weighted by Gasteiger charge is 2.30. The highest BCUT2D eigenvalue weighted by molar-refractivity contribution is 6.07. The Morgan fingerprint density at radius 2 is 1.94 bits per heavy atom. The van der Waals surface area contributed by atoms with Gasteiger partial charge in [-0.1, -0.05) is 6.07 Å². The van der Waals surface area contributed by atoms with Crippen LogP contribution in [0, 0.1) is 0 Å². The summed E-state index contributed by atoms with van der Waals surface area (Å²) in [4.78, 5) is 21.6. The van der Waals surface area contributed by atoms with Crippen molar-refractivity contribution in [3.8, 4) is 0 Å². The number of carbonyl (C=O) groups excluding carboxylic acids is 1. The predicted octanol–water partition coefficient (Wildman–Crippen LogP) is 1.06. The zero-order valence-corrected chi connectivity index (χ0v) is 8.86. The quantitative estimate of drug-likeness (QED) is 0.710. The van der Waals surface area contributed by atoms with E-state index in [-0.39, 0.29) is 5.69 Å². The number of halogens is 3. The van der Waals surface area contributed by atoms with E-state index in [4.69, 9.17) is 10.8 Å². The van der Waals surface area contributed by atoms with E-state index < -0.39 is 29.7 Å². The summed E-state index contributed by atoms with van der Waals surface area (Å²) in [7, 11) is 0. The maximum absolute atomic E-state index is 12.4. The molecule has 0 radical (unpaired) electrons. The molecular weight excluding hydrogens is 253 g/mol. The van der Waals surface area contributed by atoms with Gasteiger partial charge in [-0.15, -0.1) is 0 Å². The number of nitrogens with one attached hydrogen (secondary N) is 1. The van der Waals surface area contributed by atoms with Crippen LogP contribution in [0.1, 0.15) is 5.56 Å². The number of carboxylic acids is 1. The van der Waals surface area contributed by atoms with Crippen molar-refractivity contribution in [3.63, 3.8) is 0 Å². The summed E-state index contributed by atoms with van der Waals surface area (Å²) in [5, 5.41) is 10.4. The lowest BCUT2D eigenvalue weighted by Gasteiger charge is -2.11. The van der Waals surface area contributed by atoms with E-state index in [0.29, 0.717) is 6.07 Å². The van der Waals surface area contributed by atoms with Crippen molar-refractivity contribution in [2.45, 2.75) is 12.2 Å². The summed E-state index contributed by atoms with van der Waals surface area (Å²) >= 11 is 0. The molecule has 98 valence electrons.